The molecule has 0 aliphatic carbocycles. The number of aromatic nitrogens is 2. The van der Waals surface area contributed by atoms with Crippen molar-refractivity contribution in [2.75, 3.05) is 33.2 Å². The maximum Gasteiger partial charge on any atom is 0.225 e. The lowest BCUT2D eigenvalue weighted by atomic mass is 9.90. The molecule has 6 nitrogen and oxygen atoms in total. The molecule has 0 bridgehead atoms. The maximum atomic E-state index is 12.5. The third kappa shape index (κ3) is 5.92. The van der Waals surface area contributed by atoms with Gasteiger partial charge in [-0.3, -0.25) is 9.48 Å². The highest BCUT2D eigenvalue weighted by Crippen LogP contribution is 2.27. The number of hydrogen-bond donors (Lipinski definition) is 2. The summed E-state index contributed by atoms with van der Waals surface area (Å²) in [5, 5.41) is 10.6. The molecule has 3 atom stereocenters. The van der Waals surface area contributed by atoms with Crippen molar-refractivity contribution in [2.45, 2.75) is 32.2 Å². The summed E-state index contributed by atoms with van der Waals surface area (Å²) < 4.78 is 1.80. The Kier molecular flexibility index (Phi) is 10.6. The van der Waals surface area contributed by atoms with Crippen LogP contribution in [0, 0.1) is 5.92 Å². The van der Waals surface area contributed by atoms with Crippen LogP contribution in [0.2, 0.25) is 0 Å². The van der Waals surface area contributed by atoms with Crippen LogP contribution in [0.25, 0.3) is 0 Å². The van der Waals surface area contributed by atoms with Crippen LogP contribution < -0.4 is 10.6 Å². The third-order valence-electron chi connectivity index (χ3n) is 4.81. The van der Waals surface area contributed by atoms with Crippen LogP contribution in [0.1, 0.15) is 31.7 Å². The molecule has 2 heterocycles. The average molecular weight is 380 g/mol. The molecule has 1 aliphatic rings. The Morgan fingerprint density at radius 2 is 2.21 bits per heavy atom. The highest BCUT2D eigenvalue weighted by Gasteiger charge is 2.34. The van der Waals surface area contributed by atoms with Crippen LogP contribution in [0.5, 0.6) is 0 Å². The first-order chi connectivity index (χ1) is 10.5. The fraction of sp³-hybridized carbons (Fsp3) is 0.750. The molecule has 140 valence electrons. The molecule has 1 aromatic rings. The van der Waals surface area contributed by atoms with Crippen molar-refractivity contribution < 1.29 is 4.79 Å². The van der Waals surface area contributed by atoms with Gasteiger partial charge in [0.05, 0.1) is 12.1 Å². The molecule has 24 heavy (non-hydrogen) atoms. The quantitative estimate of drug-likeness (QED) is 0.751. The van der Waals surface area contributed by atoms with Crippen LogP contribution in [-0.4, -0.2) is 59.9 Å². The van der Waals surface area contributed by atoms with Gasteiger partial charge >= 0.3 is 0 Å². The lowest BCUT2D eigenvalue weighted by molar-refractivity contribution is -0.124. The lowest BCUT2D eigenvalue weighted by Gasteiger charge is -2.24. The largest absolute Gasteiger partial charge is 0.355 e. The summed E-state index contributed by atoms with van der Waals surface area (Å²) in [5.41, 5.74) is 1.14. The fourth-order valence-corrected chi connectivity index (χ4v) is 2.95. The molecule has 1 aromatic heterocycles. The smallest absolute Gasteiger partial charge is 0.225 e. The van der Waals surface area contributed by atoms with Gasteiger partial charge in [-0.05, 0) is 26.0 Å². The van der Waals surface area contributed by atoms with E-state index in [2.05, 4.69) is 41.5 Å². The van der Waals surface area contributed by atoms with Crippen molar-refractivity contribution in [3.05, 3.63) is 18.0 Å². The standard InChI is InChI=1S/C16H29N5O.2ClH/c1-5-12(2)20(3)7-6-18-16(22)15-10-17-9-14(15)13-8-19-21(4)11-13;;/h8,11-12,14-15,17H,5-7,9-10H2,1-4H3,(H,18,22);2*1H/t12?,14-,15+;;/m1../s1. The minimum atomic E-state index is -0.00175. The minimum absolute atomic E-state index is 0. The van der Waals surface area contributed by atoms with Crippen molar-refractivity contribution in [2.24, 2.45) is 13.0 Å². The van der Waals surface area contributed by atoms with Gasteiger partial charge in [0, 0.05) is 51.4 Å². The van der Waals surface area contributed by atoms with E-state index in [9.17, 15) is 4.79 Å². The first-order valence-electron chi connectivity index (χ1n) is 8.20. The Labute approximate surface area is 157 Å². The first kappa shape index (κ1) is 23.2. The SMILES string of the molecule is CCC(C)N(C)CCNC(=O)[C@H]1CNC[C@@H]1c1cnn(C)c1.Cl.Cl. The van der Waals surface area contributed by atoms with Gasteiger partial charge in [-0.25, -0.2) is 0 Å². The topological polar surface area (TPSA) is 62.2 Å². The van der Waals surface area contributed by atoms with Crippen molar-refractivity contribution in [3.63, 3.8) is 0 Å². The second-order valence-electron chi connectivity index (χ2n) is 6.35. The molecule has 0 saturated carbocycles. The molecular weight excluding hydrogens is 349 g/mol. The van der Waals surface area contributed by atoms with Crippen molar-refractivity contribution in [1.29, 1.82) is 0 Å². The zero-order valence-corrected chi connectivity index (χ0v) is 16.6. The van der Waals surface area contributed by atoms with E-state index in [0.717, 1.165) is 31.6 Å². The second kappa shape index (κ2) is 10.9. The Balaban J connectivity index is 0.00000264. The van der Waals surface area contributed by atoms with Crippen molar-refractivity contribution in [1.82, 2.24) is 25.3 Å². The predicted molar refractivity (Wildman–Crippen MR) is 102 cm³/mol. The van der Waals surface area contributed by atoms with Gasteiger partial charge in [-0.2, -0.15) is 5.10 Å². The first-order valence-corrected chi connectivity index (χ1v) is 8.20. The Morgan fingerprint density at radius 1 is 1.50 bits per heavy atom. The zero-order valence-electron chi connectivity index (χ0n) is 15.0. The van der Waals surface area contributed by atoms with E-state index in [4.69, 9.17) is 0 Å². The summed E-state index contributed by atoms with van der Waals surface area (Å²) in [6.45, 7) is 7.57. The highest BCUT2D eigenvalue weighted by molar-refractivity contribution is 5.85. The van der Waals surface area contributed by atoms with Crippen LogP contribution in [0.15, 0.2) is 12.4 Å². The number of nitrogens with zero attached hydrogens (tertiary/aromatic N) is 3. The van der Waals surface area contributed by atoms with Crippen LogP contribution in [0.3, 0.4) is 0 Å². The molecule has 0 aromatic carbocycles. The van der Waals surface area contributed by atoms with E-state index in [1.807, 2.05) is 19.4 Å². The molecule has 1 unspecified atom stereocenters. The van der Waals surface area contributed by atoms with Crippen LogP contribution in [0.4, 0.5) is 0 Å². The molecule has 8 heteroatoms. The number of halogens is 2. The number of aryl methyl sites for hydroxylation is 1. The van der Waals surface area contributed by atoms with Crippen LogP contribution in [-0.2, 0) is 11.8 Å². The third-order valence-corrected chi connectivity index (χ3v) is 4.81. The van der Waals surface area contributed by atoms with E-state index in [1.165, 1.54) is 0 Å². The molecular formula is C16H31Cl2N5O. The summed E-state index contributed by atoms with van der Waals surface area (Å²) >= 11 is 0. The van der Waals surface area contributed by atoms with Crippen molar-refractivity contribution >= 4 is 30.7 Å². The van der Waals surface area contributed by atoms with E-state index >= 15 is 0 Å². The minimum Gasteiger partial charge on any atom is -0.355 e. The van der Waals surface area contributed by atoms with Gasteiger partial charge in [-0.15, -0.1) is 24.8 Å². The van der Waals surface area contributed by atoms with Gasteiger partial charge in [0.1, 0.15) is 0 Å². The number of nitrogens with one attached hydrogen (secondary N) is 2. The zero-order chi connectivity index (χ0) is 16.1. The number of likely N-dealkylation sites (N-methyl/N-ethyl adjacent to an activating group) is 1. The monoisotopic (exact) mass is 379 g/mol. The van der Waals surface area contributed by atoms with Gasteiger partial charge in [0.25, 0.3) is 0 Å². The Hall–Kier alpha value is -0.820. The molecule has 1 saturated heterocycles. The molecule has 2 rings (SSSR count). The summed E-state index contributed by atoms with van der Waals surface area (Å²) in [6, 6.07) is 0.549. The maximum absolute atomic E-state index is 12.5. The van der Waals surface area contributed by atoms with E-state index < -0.39 is 0 Å². The normalized spacial score (nSPS) is 21.0. The number of carbonyl (C=O) groups is 1. The molecule has 1 amide bonds. The Bertz CT molecular complexity index is 497. The van der Waals surface area contributed by atoms with E-state index in [-0.39, 0.29) is 42.6 Å². The molecule has 1 fully saturated rings. The second-order valence-corrected chi connectivity index (χ2v) is 6.35. The number of rotatable bonds is 7. The molecule has 2 N–H and O–H groups in total. The summed E-state index contributed by atoms with van der Waals surface area (Å²) in [7, 11) is 4.02. The van der Waals surface area contributed by atoms with Gasteiger partial charge in [-0.1, -0.05) is 6.92 Å². The Morgan fingerprint density at radius 3 is 2.79 bits per heavy atom. The predicted octanol–water partition coefficient (Wildman–Crippen LogP) is 1.41. The molecule has 0 spiro atoms. The average Bonchev–Trinajstić information content (AvgIpc) is 3.14. The highest BCUT2D eigenvalue weighted by atomic mass is 35.5. The van der Waals surface area contributed by atoms with Gasteiger partial charge in [0.15, 0.2) is 0 Å². The van der Waals surface area contributed by atoms with Crippen LogP contribution >= 0.6 is 24.8 Å². The van der Waals surface area contributed by atoms with Gasteiger partial charge < -0.3 is 15.5 Å². The number of carbonyl (C=O) groups excluding carboxylic acids is 1. The van der Waals surface area contributed by atoms with Crippen molar-refractivity contribution in [3.8, 4) is 0 Å². The summed E-state index contributed by atoms with van der Waals surface area (Å²) in [5.74, 6) is 0.371. The number of amides is 1. The van der Waals surface area contributed by atoms with Gasteiger partial charge in [0.2, 0.25) is 5.91 Å². The summed E-state index contributed by atoms with van der Waals surface area (Å²) in [6.07, 6.45) is 5.00. The fourth-order valence-electron chi connectivity index (χ4n) is 2.95. The summed E-state index contributed by atoms with van der Waals surface area (Å²) in [4.78, 5) is 14.7. The van der Waals surface area contributed by atoms with E-state index in [0.29, 0.717) is 12.6 Å². The molecule has 0 radical (unpaired) electrons. The lowest BCUT2D eigenvalue weighted by Crippen LogP contribution is -2.40. The molecule has 1 aliphatic heterocycles. The van der Waals surface area contributed by atoms with E-state index in [1.54, 1.807) is 4.68 Å². The number of hydrogen-bond acceptors (Lipinski definition) is 4.